The fourth-order valence-corrected chi connectivity index (χ4v) is 2.61. The monoisotopic (exact) mass is 309 g/mol. The first kappa shape index (κ1) is 15.8. The summed E-state index contributed by atoms with van der Waals surface area (Å²) in [6.45, 7) is 0.625. The highest BCUT2D eigenvalue weighted by molar-refractivity contribution is 7.92. The maximum atomic E-state index is 11.4. The molecule has 19 heavy (non-hydrogen) atoms. The topological polar surface area (TPSA) is 107 Å². The second kappa shape index (κ2) is 7.38. The third-order valence-corrected chi connectivity index (χ3v) is 3.24. The maximum absolute atomic E-state index is 11.4. The molecule has 108 valence electrons. The summed E-state index contributed by atoms with van der Waals surface area (Å²) in [5, 5.41) is 1.83. The van der Waals surface area contributed by atoms with E-state index >= 15 is 0 Å². The van der Waals surface area contributed by atoms with Gasteiger partial charge in [-0.1, -0.05) is 0 Å². The normalized spacial score (nSPS) is 11.3. The molecule has 0 aliphatic rings. The van der Waals surface area contributed by atoms with Crippen LogP contribution in [0, 0.1) is 0 Å². The summed E-state index contributed by atoms with van der Waals surface area (Å²) in [6, 6.07) is 0. The van der Waals surface area contributed by atoms with Crippen LogP contribution >= 0.6 is 11.3 Å². The van der Waals surface area contributed by atoms with E-state index in [1.807, 2.05) is 0 Å². The Morgan fingerprint density at radius 1 is 1.47 bits per heavy atom. The van der Waals surface area contributed by atoms with Crippen LogP contribution in [0.5, 0.6) is 0 Å². The number of nitrogens with one attached hydrogen (secondary N) is 2. The van der Waals surface area contributed by atoms with Crippen LogP contribution in [-0.2, 0) is 30.8 Å². The first-order chi connectivity index (χ1) is 8.90. The van der Waals surface area contributed by atoms with Crippen LogP contribution in [0.3, 0.4) is 0 Å². The Morgan fingerprint density at radius 3 is 2.84 bits per heavy atom. The molecule has 0 aliphatic carbocycles. The smallest absolute Gasteiger partial charge is 0.249 e. The van der Waals surface area contributed by atoms with Crippen molar-refractivity contribution < 1.29 is 22.8 Å². The third-order valence-electron chi connectivity index (χ3n) is 1.74. The van der Waals surface area contributed by atoms with Crippen molar-refractivity contribution in [2.45, 2.75) is 6.42 Å². The van der Waals surface area contributed by atoms with Gasteiger partial charge in [-0.25, -0.2) is 18.9 Å². The molecule has 0 unspecified atom stereocenters. The fraction of sp³-hybridized carbons (Fsp3) is 0.556. The number of thiazole rings is 1. The molecule has 0 bridgehead atoms. The Balaban J connectivity index is 2.39. The molecular weight excluding hydrogens is 294 g/mol. The van der Waals surface area contributed by atoms with Gasteiger partial charge < -0.3 is 4.74 Å². The molecule has 0 aromatic carbocycles. The van der Waals surface area contributed by atoms with Crippen molar-refractivity contribution in [1.82, 2.24) is 10.5 Å². The highest BCUT2D eigenvalue weighted by Gasteiger charge is 2.10. The molecule has 0 saturated carbocycles. The van der Waals surface area contributed by atoms with E-state index in [-0.39, 0.29) is 24.1 Å². The number of hydrogen-bond acceptors (Lipinski definition) is 7. The highest BCUT2D eigenvalue weighted by Crippen LogP contribution is 2.16. The average molecular weight is 309 g/mol. The zero-order valence-electron chi connectivity index (χ0n) is 10.5. The van der Waals surface area contributed by atoms with Crippen molar-refractivity contribution in [3.63, 3.8) is 0 Å². The molecule has 0 radical (unpaired) electrons. The zero-order chi connectivity index (χ0) is 14.3. The quantitative estimate of drug-likeness (QED) is 0.506. The molecule has 0 saturated heterocycles. The second-order valence-corrected chi connectivity index (χ2v) is 6.17. The van der Waals surface area contributed by atoms with Crippen LogP contribution in [0.2, 0.25) is 0 Å². The molecule has 0 fully saturated rings. The van der Waals surface area contributed by atoms with Gasteiger partial charge in [0.25, 0.3) is 0 Å². The number of hydroxylamine groups is 1. The van der Waals surface area contributed by atoms with Gasteiger partial charge in [0.15, 0.2) is 5.13 Å². The summed E-state index contributed by atoms with van der Waals surface area (Å²) in [6.07, 6.45) is 1.04. The van der Waals surface area contributed by atoms with Gasteiger partial charge in [-0.05, 0) is 0 Å². The number of ether oxygens (including phenoxy) is 1. The molecule has 8 nitrogen and oxygen atoms in total. The van der Waals surface area contributed by atoms with Gasteiger partial charge in [0.2, 0.25) is 15.9 Å². The number of aromatic nitrogens is 1. The van der Waals surface area contributed by atoms with E-state index in [1.54, 1.807) is 5.38 Å². The van der Waals surface area contributed by atoms with E-state index in [0.29, 0.717) is 12.3 Å². The molecule has 0 aliphatic heterocycles. The van der Waals surface area contributed by atoms with Crippen molar-refractivity contribution in [2.24, 2.45) is 0 Å². The molecule has 1 rings (SSSR count). The van der Waals surface area contributed by atoms with Gasteiger partial charge in [0.1, 0.15) is 0 Å². The number of hydrogen-bond donors (Lipinski definition) is 2. The lowest BCUT2D eigenvalue weighted by Crippen LogP contribution is -2.27. The van der Waals surface area contributed by atoms with Crippen LogP contribution in [0.25, 0.3) is 0 Å². The molecule has 0 atom stereocenters. The van der Waals surface area contributed by atoms with Gasteiger partial charge in [0, 0.05) is 12.5 Å². The third kappa shape index (κ3) is 7.06. The highest BCUT2D eigenvalue weighted by atomic mass is 32.2. The standard InChI is InChI=1S/C9H15N3O5S2/c1-16-3-4-17-11-8(13)5-7-6-18-9(10-7)12-19(2,14)15/h6H,3-5H2,1-2H3,(H,10,12)(H,11,13). The number of anilines is 1. The predicted octanol–water partition coefficient (Wildman–Crippen LogP) is -0.249. The first-order valence-corrected chi connectivity index (χ1v) is 7.99. The van der Waals surface area contributed by atoms with E-state index in [9.17, 15) is 13.2 Å². The Kier molecular flexibility index (Phi) is 6.15. The Morgan fingerprint density at radius 2 is 2.21 bits per heavy atom. The largest absolute Gasteiger partial charge is 0.382 e. The number of carbonyl (C=O) groups excluding carboxylic acids is 1. The number of nitrogens with zero attached hydrogens (tertiary/aromatic N) is 1. The summed E-state index contributed by atoms with van der Waals surface area (Å²) >= 11 is 1.11. The lowest BCUT2D eigenvalue weighted by Gasteiger charge is -2.03. The Bertz CT molecular complexity index is 514. The Labute approximate surface area is 115 Å². The molecule has 10 heteroatoms. The predicted molar refractivity (Wildman–Crippen MR) is 70.3 cm³/mol. The summed E-state index contributed by atoms with van der Waals surface area (Å²) < 4.78 is 28.9. The summed E-state index contributed by atoms with van der Waals surface area (Å²) in [5.41, 5.74) is 2.69. The van der Waals surface area contributed by atoms with Gasteiger partial charge in [-0.2, -0.15) is 0 Å². The summed E-state index contributed by atoms with van der Waals surface area (Å²) in [5.74, 6) is -0.368. The molecule has 0 spiro atoms. The van der Waals surface area contributed by atoms with Crippen molar-refractivity contribution in [2.75, 3.05) is 31.3 Å². The summed E-state index contributed by atoms with van der Waals surface area (Å²) in [7, 11) is -1.83. The lowest BCUT2D eigenvalue weighted by atomic mass is 10.3. The van der Waals surface area contributed by atoms with Gasteiger partial charge >= 0.3 is 0 Å². The van der Waals surface area contributed by atoms with Crippen molar-refractivity contribution in [1.29, 1.82) is 0 Å². The van der Waals surface area contributed by atoms with Gasteiger partial charge in [-0.15, -0.1) is 11.3 Å². The molecule has 1 amide bonds. The van der Waals surface area contributed by atoms with E-state index in [2.05, 4.69) is 15.2 Å². The van der Waals surface area contributed by atoms with Crippen LogP contribution in [0.1, 0.15) is 5.69 Å². The number of amides is 1. The fourth-order valence-electron chi connectivity index (χ4n) is 1.05. The van der Waals surface area contributed by atoms with E-state index in [1.165, 1.54) is 7.11 Å². The molecular formula is C9H15N3O5S2. The summed E-state index contributed by atoms with van der Waals surface area (Å²) in [4.78, 5) is 20.2. The maximum Gasteiger partial charge on any atom is 0.249 e. The number of methoxy groups -OCH3 is 1. The van der Waals surface area contributed by atoms with Gasteiger partial charge in [-0.3, -0.25) is 14.4 Å². The average Bonchev–Trinajstić information content (AvgIpc) is 2.69. The van der Waals surface area contributed by atoms with Crippen LogP contribution in [0.15, 0.2) is 5.38 Å². The van der Waals surface area contributed by atoms with E-state index < -0.39 is 10.0 Å². The zero-order valence-corrected chi connectivity index (χ0v) is 12.1. The van der Waals surface area contributed by atoms with Crippen LogP contribution in [-0.4, -0.2) is 45.9 Å². The van der Waals surface area contributed by atoms with E-state index in [0.717, 1.165) is 17.6 Å². The molecule has 1 aromatic heterocycles. The second-order valence-electron chi connectivity index (χ2n) is 3.56. The van der Waals surface area contributed by atoms with Crippen LogP contribution in [0.4, 0.5) is 5.13 Å². The van der Waals surface area contributed by atoms with E-state index in [4.69, 9.17) is 9.57 Å². The molecule has 2 N–H and O–H groups in total. The minimum atomic E-state index is -3.35. The molecule has 1 aromatic rings. The number of carbonyl (C=O) groups is 1. The van der Waals surface area contributed by atoms with Crippen LogP contribution < -0.4 is 10.2 Å². The van der Waals surface area contributed by atoms with Crippen molar-refractivity contribution in [3.05, 3.63) is 11.1 Å². The lowest BCUT2D eigenvalue weighted by molar-refractivity contribution is -0.133. The number of sulfonamides is 1. The van der Waals surface area contributed by atoms with Crippen molar-refractivity contribution >= 4 is 32.4 Å². The first-order valence-electron chi connectivity index (χ1n) is 5.22. The Hall–Kier alpha value is -1.23. The molecule has 1 heterocycles. The minimum Gasteiger partial charge on any atom is -0.382 e. The SMILES string of the molecule is COCCONC(=O)Cc1csc(NS(C)(=O)=O)n1. The van der Waals surface area contributed by atoms with Crippen molar-refractivity contribution in [3.8, 4) is 0 Å². The number of rotatable bonds is 8. The van der Waals surface area contributed by atoms with Gasteiger partial charge in [0.05, 0.1) is 31.6 Å². The minimum absolute atomic E-state index is 0.00885.